The largest absolute Gasteiger partial charge is 0.496 e. The molecule has 1 aliphatic rings. The van der Waals surface area contributed by atoms with E-state index in [2.05, 4.69) is 43.5 Å². The molecule has 0 radical (unpaired) electrons. The molecule has 0 spiro atoms. The number of ether oxygens (including phenoxy) is 1. The number of nitrogens with zero attached hydrogens (tertiary/aromatic N) is 3. The number of para-hydroxylation sites is 1. The fourth-order valence-electron chi connectivity index (χ4n) is 5.07. The number of halogens is 1. The van der Waals surface area contributed by atoms with E-state index in [0.717, 1.165) is 73.6 Å². The van der Waals surface area contributed by atoms with Gasteiger partial charge in [0, 0.05) is 67.5 Å². The van der Waals surface area contributed by atoms with Crippen molar-refractivity contribution in [2.75, 3.05) is 38.2 Å². The zero-order valence-corrected chi connectivity index (χ0v) is 22.2. The van der Waals surface area contributed by atoms with Gasteiger partial charge in [-0.3, -0.25) is 9.69 Å². The molecule has 8 heteroatoms. The lowest BCUT2D eigenvalue weighted by Gasteiger charge is -2.36. The average molecular weight is 528 g/mol. The fourth-order valence-corrected chi connectivity index (χ4v) is 5.07. The third-order valence-electron chi connectivity index (χ3n) is 7.19. The van der Waals surface area contributed by atoms with E-state index in [1.54, 1.807) is 13.3 Å². The van der Waals surface area contributed by atoms with Crippen molar-refractivity contribution in [3.63, 3.8) is 0 Å². The number of hydrazone groups is 1. The fraction of sp³-hybridized carbons (Fsp3) is 0.290. The van der Waals surface area contributed by atoms with Gasteiger partial charge in [-0.25, -0.2) is 9.82 Å². The van der Waals surface area contributed by atoms with Crippen molar-refractivity contribution in [2.45, 2.75) is 25.8 Å². The summed E-state index contributed by atoms with van der Waals surface area (Å²) in [4.78, 5) is 20.3. The van der Waals surface area contributed by atoms with Crippen molar-refractivity contribution in [3.8, 4) is 5.75 Å². The van der Waals surface area contributed by atoms with Crippen molar-refractivity contribution in [1.29, 1.82) is 0 Å². The number of benzene rings is 3. The van der Waals surface area contributed by atoms with Gasteiger partial charge in [-0.15, -0.1) is 0 Å². The maximum atomic E-state index is 13.3. The maximum Gasteiger partial charge on any atom is 0.240 e. The molecule has 0 bridgehead atoms. The number of carbonyl (C=O) groups excluding carboxylic acids is 1. The van der Waals surface area contributed by atoms with Crippen molar-refractivity contribution in [2.24, 2.45) is 5.10 Å². The highest BCUT2D eigenvalue weighted by Crippen LogP contribution is 2.23. The first-order valence-corrected chi connectivity index (χ1v) is 13.4. The molecule has 2 heterocycles. The van der Waals surface area contributed by atoms with Crippen LogP contribution in [0.4, 0.5) is 10.1 Å². The number of nitrogens with one attached hydrogen (secondary N) is 2. The van der Waals surface area contributed by atoms with Gasteiger partial charge >= 0.3 is 0 Å². The highest BCUT2D eigenvalue weighted by Gasteiger charge is 2.19. The second kappa shape index (κ2) is 12.6. The number of aryl methyl sites for hydroxylation is 1. The molecule has 1 fully saturated rings. The molecule has 7 nitrogen and oxygen atoms in total. The van der Waals surface area contributed by atoms with E-state index in [1.807, 2.05) is 42.6 Å². The first-order chi connectivity index (χ1) is 19.1. The van der Waals surface area contributed by atoms with Gasteiger partial charge < -0.3 is 14.6 Å². The van der Waals surface area contributed by atoms with Gasteiger partial charge in [0.25, 0.3) is 0 Å². The Balaban J connectivity index is 1.10. The van der Waals surface area contributed by atoms with Crippen molar-refractivity contribution < 1.29 is 13.9 Å². The molecular formula is C31H34FN5O2. The molecule has 3 aromatic carbocycles. The summed E-state index contributed by atoms with van der Waals surface area (Å²) >= 11 is 0. The van der Waals surface area contributed by atoms with Crippen LogP contribution in [0, 0.1) is 5.82 Å². The molecule has 202 valence electrons. The topological polar surface area (TPSA) is 73.0 Å². The van der Waals surface area contributed by atoms with Gasteiger partial charge in [-0.2, -0.15) is 5.10 Å². The molecule has 0 saturated carbocycles. The number of aromatic amines is 1. The summed E-state index contributed by atoms with van der Waals surface area (Å²) in [7, 11) is 1.68. The van der Waals surface area contributed by atoms with Gasteiger partial charge in [0.05, 0.1) is 13.3 Å². The normalized spacial score (nSPS) is 14.3. The third-order valence-corrected chi connectivity index (χ3v) is 7.19. The summed E-state index contributed by atoms with van der Waals surface area (Å²) in [6.07, 6.45) is 5.69. The zero-order valence-electron chi connectivity index (χ0n) is 22.2. The molecule has 1 amide bonds. The Morgan fingerprint density at radius 2 is 1.85 bits per heavy atom. The Kier molecular flexibility index (Phi) is 8.53. The Morgan fingerprint density at radius 1 is 1.05 bits per heavy atom. The SMILES string of the molecule is COc1ccc(/C=N/NC(=O)CCCc2c[nH]c3ccccc23)cc1CN1CCN(c2ccc(F)cc2)CC1. The van der Waals surface area contributed by atoms with Crippen LogP contribution in [0.2, 0.25) is 0 Å². The van der Waals surface area contributed by atoms with Crippen molar-refractivity contribution in [1.82, 2.24) is 15.3 Å². The quantitative estimate of drug-likeness (QED) is 0.222. The number of anilines is 1. The molecule has 2 N–H and O–H groups in total. The van der Waals surface area contributed by atoms with Crippen LogP contribution in [-0.2, 0) is 17.8 Å². The number of H-pyrrole nitrogens is 1. The lowest BCUT2D eigenvalue weighted by Crippen LogP contribution is -2.46. The molecule has 0 atom stereocenters. The summed E-state index contributed by atoms with van der Waals surface area (Å²) < 4.78 is 18.8. The molecule has 1 aliphatic heterocycles. The predicted octanol–water partition coefficient (Wildman–Crippen LogP) is 5.11. The van der Waals surface area contributed by atoms with E-state index in [9.17, 15) is 9.18 Å². The highest BCUT2D eigenvalue weighted by molar-refractivity contribution is 5.84. The first-order valence-electron chi connectivity index (χ1n) is 13.4. The minimum Gasteiger partial charge on any atom is -0.496 e. The zero-order chi connectivity index (χ0) is 27.0. The first kappa shape index (κ1) is 26.4. The average Bonchev–Trinajstić information content (AvgIpc) is 3.37. The minimum atomic E-state index is -0.214. The lowest BCUT2D eigenvalue weighted by atomic mass is 10.1. The number of carbonyl (C=O) groups is 1. The molecule has 1 aromatic heterocycles. The lowest BCUT2D eigenvalue weighted by molar-refractivity contribution is -0.121. The number of hydrogen-bond donors (Lipinski definition) is 2. The number of piperazine rings is 1. The number of aromatic nitrogens is 1. The Hall–Kier alpha value is -4.17. The molecule has 0 aliphatic carbocycles. The molecule has 0 unspecified atom stereocenters. The highest BCUT2D eigenvalue weighted by atomic mass is 19.1. The van der Waals surface area contributed by atoms with Gasteiger partial charge in [0.1, 0.15) is 11.6 Å². The number of amides is 1. The summed E-state index contributed by atoms with van der Waals surface area (Å²) in [6, 6.07) is 20.8. The molecule has 1 saturated heterocycles. The van der Waals surface area contributed by atoms with Crippen molar-refractivity contribution >= 4 is 28.7 Å². The number of methoxy groups -OCH3 is 1. The van der Waals surface area contributed by atoms with Crippen LogP contribution in [0.25, 0.3) is 10.9 Å². The van der Waals surface area contributed by atoms with Gasteiger partial charge in [-0.05, 0) is 72.5 Å². The molecular weight excluding hydrogens is 493 g/mol. The van der Waals surface area contributed by atoms with Gasteiger partial charge in [0.15, 0.2) is 0 Å². The van der Waals surface area contributed by atoms with Crippen LogP contribution in [0.5, 0.6) is 5.75 Å². The molecule has 4 aromatic rings. The standard InChI is InChI=1S/C31H34FN5O2/c1-39-30-14-9-23(19-25(30)22-36-15-17-37(18-16-36)27-12-10-26(32)11-13-27)20-34-35-31(38)8-4-5-24-21-33-29-7-3-2-6-28(24)29/h2-3,6-7,9-14,19-21,33H,4-5,8,15-18,22H2,1H3,(H,35,38)/b34-20+. The summed E-state index contributed by atoms with van der Waals surface area (Å²) in [6.45, 7) is 4.30. The number of hydrogen-bond acceptors (Lipinski definition) is 5. The predicted molar refractivity (Wildman–Crippen MR) is 154 cm³/mol. The van der Waals surface area contributed by atoms with E-state index < -0.39 is 0 Å². The second-order valence-corrected chi connectivity index (χ2v) is 9.82. The summed E-state index contributed by atoms with van der Waals surface area (Å²) in [5.74, 6) is 0.516. The Bertz CT molecular complexity index is 1420. The van der Waals surface area contributed by atoms with E-state index in [0.29, 0.717) is 6.42 Å². The third kappa shape index (κ3) is 6.83. The van der Waals surface area contributed by atoms with Crippen LogP contribution in [0.15, 0.2) is 78.0 Å². The second-order valence-electron chi connectivity index (χ2n) is 9.82. The van der Waals surface area contributed by atoms with Crippen LogP contribution < -0.4 is 15.1 Å². The minimum absolute atomic E-state index is 0.0983. The number of fused-ring (bicyclic) bond motifs is 1. The van der Waals surface area contributed by atoms with E-state index in [4.69, 9.17) is 4.74 Å². The van der Waals surface area contributed by atoms with E-state index >= 15 is 0 Å². The van der Waals surface area contributed by atoms with E-state index in [1.165, 1.54) is 23.1 Å². The smallest absolute Gasteiger partial charge is 0.240 e. The maximum absolute atomic E-state index is 13.3. The molecule has 5 rings (SSSR count). The number of rotatable bonds is 10. The van der Waals surface area contributed by atoms with Gasteiger partial charge in [-0.1, -0.05) is 18.2 Å². The molecule has 39 heavy (non-hydrogen) atoms. The van der Waals surface area contributed by atoms with Crippen molar-refractivity contribution in [3.05, 3.63) is 95.4 Å². The Morgan fingerprint density at radius 3 is 2.64 bits per heavy atom. The monoisotopic (exact) mass is 527 g/mol. The van der Waals surface area contributed by atoms with E-state index in [-0.39, 0.29) is 11.7 Å². The van der Waals surface area contributed by atoms with Crippen LogP contribution in [0.3, 0.4) is 0 Å². The summed E-state index contributed by atoms with van der Waals surface area (Å²) in [5, 5.41) is 5.39. The van der Waals surface area contributed by atoms with Crippen LogP contribution in [0.1, 0.15) is 29.5 Å². The van der Waals surface area contributed by atoms with Crippen LogP contribution >= 0.6 is 0 Å². The van der Waals surface area contributed by atoms with Gasteiger partial charge in [0.2, 0.25) is 5.91 Å². The summed E-state index contributed by atoms with van der Waals surface area (Å²) in [5.41, 5.74) is 8.02. The Labute approximate surface area is 228 Å². The van der Waals surface area contributed by atoms with Crippen LogP contribution in [-0.4, -0.2) is 55.3 Å².